The van der Waals surface area contributed by atoms with Crippen LogP contribution >= 0.6 is 0 Å². The van der Waals surface area contributed by atoms with Gasteiger partial charge >= 0.3 is 0 Å². The van der Waals surface area contributed by atoms with E-state index in [0.29, 0.717) is 0 Å². The van der Waals surface area contributed by atoms with Gasteiger partial charge in [0.1, 0.15) is 0 Å². The lowest BCUT2D eigenvalue weighted by Crippen LogP contribution is -2.44. The van der Waals surface area contributed by atoms with Crippen LogP contribution in [-0.4, -0.2) is 10.6 Å². The molecule has 1 aliphatic carbocycles. The van der Waals surface area contributed by atoms with Gasteiger partial charge in [-0.15, -0.1) is 0 Å². The van der Waals surface area contributed by atoms with E-state index in [0.717, 1.165) is 18.6 Å². The average Bonchev–Trinajstić information content (AvgIpc) is 2.65. The van der Waals surface area contributed by atoms with E-state index < -0.39 is 0 Å². The Morgan fingerprint density at radius 3 is 3.23 bits per heavy atom. The fraction of sp³-hybridized carbons (Fsp3) is 0.636. The Labute approximate surface area is 78.9 Å². The first-order valence-electron chi connectivity index (χ1n) is 5.34. The second-order valence-corrected chi connectivity index (χ2v) is 4.25. The molecular weight excluding hydrogens is 160 g/mol. The predicted molar refractivity (Wildman–Crippen MR) is 52.6 cm³/mol. The Kier molecular flexibility index (Phi) is 1.69. The van der Waals surface area contributed by atoms with E-state index in [2.05, 4.69) is 28.2 Å². The molecule has 2 aliphatic rings. The molecule has 1 fully saturated rings. The molecule has 0 spiro atoms. The maximum absolute atomic E-state index is 3.64. The second kappa shape index (κ2) is 2.88. The zero-order valence-electron chi connectivity index (χ0n) is 7.87. The topological polar surface area (TPSA) is 17.0 Å². The van der Waals surface area contributed by atoms with Crippen molar-refractivity contribution in [1.29, 1.82) is 0 Å². The minimum absolute atomic E-state index is 0.743. The van der Waals surface area contributed by atoms with E-state index >= 15 is 0 Å². The van der Waals surface area contributed by atoms with Gasteiger partial charge in [0.15, 0.2) is 0 Å². The van der Waals surface area contributed by atoms with Crippen LogP contribution in [-0.2, 0) is 6.54 Å². The maximum atomic E-state index is 3.64. The van der Waals surface area contributed by atoms with Gasteiger partial charge in [0.2, 0.25) is 0 Å². The molecule has 3 rings (SSSR count). The molecule has 0 amide bonds. The van der Waals surface area contributed by atoms with Crippen LogP contribution in [0.4, 0.5) is 0 Å². The number of nitrogens with zero attached hydrogens (tertiary/aromatic N) is 1. The Balaban J connectivity index is 1.97. The molecule has 2 heterocycles. The van der Waals surface area contributed by atoms with Crippen molar-refractivity contribution in [3.8, 4) is 0 Å². The normalized spacial score (nSPS) is 32.3. The summed E-state index contributed by atoms with van der Waals surface area (Å²) in [6.07, 6.45) is 7.78. The third-order valence-corrected chi connectivity index (χ3v) is 3.50. The highest BCUT2D eigenvalue weighted by Crippen LogP contribution is 2.32. The van der Waals surface area contributed by atoms with Crippen LogP contribution in [0.1, 0.15) is 37.4 Å². The number of nitrogens with one attached hydrogen (secondary N) is 1. The first-order chi connectivity index (χ1) is 6.45. The van der Waals surface area contributed by atoms with Gasteiger partial charge < -0.3 is 9.88 Å². The summed E-state index contributed by atoms with van der Waals surface area (Å²) in [5.41, 5.74) is 1.46. The van der Waals surface area contributed by atoms with Crippen LogP contribution < -0.4 is 5.32 Å². The molecule has 2 nitrogen and oxygen atoms in total. The Hall–Kier alpha value is -0.760. The van der Waals surface area contributed by atoms with E-state index in [1.807, 2.05) is 0 Å². The standard InChI is InChI=1S/C11H16N2/c1-2-6-11-10(5-1)12-8-9-4-3-7-13(9)11/h3-4,7,10-12H,1-2,5-6,8H2. The number of fused-ring (bicyclic) bond motifs is 3. The fourth-order valence-electron chi connectivity index (χ4n) is 2.82. The molecule has 1 saturated carbocycles. The van der Waals surface area contributed by atoms with Crippen molar-refractivity contribution in [2.24, 2.45) is 0 Å². The number of rotatable bonds is 0. The van der Waals surface area contributed by atoms with E-state index in [-0.39, 0.29) is 0 Å². The Morgan fingerprint density at radius 2 is 2.23 bits per heavy atom. The third kappa shape index (κ3) is 1.12. The monoisotopic (exact) mass is 176 g/mol. The molecule has 2 atom stereocenters. The highest BCUT2D eigenvalue weighted by Gasteiger charge is 2.29. The van der Waals surface area contributed by atoms with Crippen molar-refractivity contribution in [2.45, 2.75) is 44.3 Å². The zero-order valence-corrected chi connectivity index (χ0v) is 7.87. The van der Waals surface area contributed by atoms with Gasteiger partial charge in [-0.25, -0.2) is 0 Å². The zero-order chi connectivity index (χ0) is 8.67. The van der Waals surface area contributed by atoms with Crippen molar-refractivity contribution < 1.29 is 0 Å². The molecule has 1 aromatic heterocycles. The Bertz CT molecular complexity index is 303. The minimum Gasteiger partial charge on any atom is -0.346 e. The fourth-order valence-corrected chi connectivity index (χ4v) is 2.82. The van der Waals surface area contributed by atoms with Crippen molar-refractivity contribution in [3.63, 3.8) is 0 Å². The molecule has 2 unspecified atom stereocenters. The van der Waals surface area contributed by atoms with Gasteiger partial charge in [-0.3, -0.25) is 0 Å². The SMILES string of the molecule is c1cc2n(c1)C1CCCCC1NC2. The highest BCUT2D eigenvalue weighted by atomic mass is 15.1. The summed E-state index contributed by atoms with van der Waals surface area (Å²) in [5.74, 6) is 0. The van der Waals surface area contributed by atoms with E-state index in [4.69, 9.17) is 0 Å². The average molecular weight is 176 g/mol. The van der Waals surface area contributed by atoms with Gasteiger partial charge in [-0.05, 0) is 25.0 Å². The van der Waals surface area contributed by atoms with Gasteiger partial charge in [0, 0.05) is 30.5 Å². The molecule has 0 bridgehead atoms. The smallest absolute Gasteiger partial charge is 0.0487 e. The van der Waals surface area contributed by atoms with Crippen molar-refractivity contribution >= 4 is 0 Å². The lowest BCUT2D eigenvalue weighted by atomic mass is 9.88. The quantitative estimate of drug-likeness (QED) is 0.640. The van der Waals surface area contributed by atoms with Crippen LogP contribution in [0.25, 0.3) is 0 Å². The molecule has 0 radical (unpaired) electrons. The molecule has 1 N–H and O–H groups in total. The predicted octanol–water partition coefficient (Wildman–Crippen LogP) is 2.08. The summed E-state index contributed by atoms with van der Waals surface area (Å²) >= 11 is 0. The van der Waals surface area contributed by atoms with E-state index in [9.17, 15) is 0 Å². The Morgan fingerprint density at radius 1 is 1.31 bits per heavy atom. The van der Waals surface area contributed by atoms with Crippen molar-refractivity contribution in [1.82, 2.24) is 9.88 Å². The molecular formula is C11H16N2. The summed E-state index contributed by atoms with van der Waals surface area (Å²) in [6, 6.07) is 5.90. The van der Waals surface area contributed by atoms with Crippen molar-refractivity contribution in [2.75, 3.05) is 0 Å². The summed E-state index contributed by atoms with van der Waals surface area (Å²) in [4.78, 5) is 0. The molecule has 1 aromatic rings. The number of aromatic nitrogens is 1. The summed E-state index contributed by atoms with van der Waals surface area (Å²) in [6.45, 7) is 1.06. The molecule has 2 heteroatoms. The first-order valence-corrected chi connectivity index (χ1v) is 5.34. The molecule has 0 aromatic carbocycles. The highest BCUT2D eigenvalue weighted by molar-refractivity contribution is 5.13. The number of hydrogen-bond donors (Lipinski definition) is 1. The minimum atomic E-state index is 0.743. The van der Waals surface area contributed by atoms with Gasteiger partial charge in [-0.2, -0.15) is 0 Å². The maximum Gasteiger partial charge on any atom is 0.0487 e. The van der Waals surface area contributed by atoms with E-state index in [1.54, 1.807) is 0 Å². The van der Waals surface area contributed by atoms with Gasteiger partial charge in [-0.1, -0.05) is 12.8 Å². The van der Waals surface area contributed by atoms with Crippen LogP contribution in [0.5, 0.6) is 0 Å². The second-order valence-electron chi connectivity index (χ2n) is 4.25. The van der Waals surface area contributed by atoms with Crippen molar-refractivity contribution in [3.05, 3.63) is 24.0 Å². The van der Waals surface area contributed by atoms with Crippen LogP contribution in [0.2, 0.25) is 0 Å². The van der Waals surface area contributed by atoms with E-state index in [1.165, 1.54) is 31.4 Å². The molecule has 0 saturated heterocycles. The lowest BCUT2D eigenvalue weighted by molar-refractivity contribution is 0.230. The summed E-state index contributed by atoms with van der Waals surface area (Å²) in [7, 11) is 0. The number of hydrogen-bond acceptors (Lipinski definition) is 1. The van der Waals surface area contributed by atoms with Crippen LogP contribution in [0, 0.1) is 0 Å². The van der Waals surface area contributed by atoms with Gasteiger partial charge in [0.25, 0.3) is 0 Å². The summed E-state index contributed by atoms with van der Waals surface area (Å²) < 4.78 is 2.49. The third-order valence-electron chi connectivity index (χ3n) is 3.50. The van der Waals surface area contributed by atoms with Crippen LogP contribution in [0.15, 0.2) is 18.3 Å². The lowest BCUT2D eigenvalue weighted by Gasteiger charge is -2.38. The first kappa shape index (κ1) is 7.63. The summed E-state index contributed by atoms with van der Waals surface area (Å²) in [5, 5.41) is 3.64. The largest absolute Gasteiger partial charge is 0.346 e. The van der Waals surface area contributed by atoms with Gasteiger partial charge in [0.05, 0.1) is 0 Å². The molecule has 70 valence electrons. The molecule has 13 heavy (non-hydrogen) atoms. The molecule has 1 aliphatic heterocycles. The van der Waals surface area contributed by atoms with Crippen LogP contribution in [0.3, 0.4) is 0 Å².